The molecular weight excluding hydrogens is 360 g/mol. The van der Waals surface area contributed by atoms with Crippen molar-refractivity contribution >= 4 is 0 Å². The number of unbranched alkanes of at least 4 members (excludes halogenated alkanes) is 1. The molecule has 0 aliphatic heterocycles. The Labute approximate surface area is 193 Å². The van der Waals surface area contributed by atoms with Gasteiger partial charge in [-0.1, -0.05) is 145 Å². The van der Waals surface area contributed by atoms with E-state index in [-0.39, 0.29) is 0 Å². The van der Waals surface area contributed by atoms with Crippen LogP contribution in [0.5, 0.6) is 0 Å². The molecule has 2 radical (unpaired) electrons. The summed E-state index contributed by atoms with van der Waals surface area (Å²) in [5.41, 5.74) is 0. The topological polar surface area (TPSA) is 0 Å². The quantitative estimate of drug-likeness (QED) is 0.162. The molecule has 0 aliphatic rings. The first-order chi connectivity index (χ1) is 14.2. The normalized spacial score (nSPS) is 16.2. The molecule has 30 heavy (non-hydrogen) atoms. The van der Waals surface area contributed by atoms with Gasteiger partial charge in [0.25, 0.3) is 0 Å². The van der Waals surface area contributed by atoms with E-state index in [0.717, 1.165) is 23.7 Å². The molecule has 4 atom stereocenters. The summed E-state index contributed by atoms with van der Waals surface area (Å²) in [4.78, 5) is 0. The highest BCUT2D eigenvalue weighted by atomic mass is 14.1. The fourth-order valence-corrected chi connectivity index (χ4v) is 4.80. The standard InChI is InChI=1S/C30H60/c1-25(2)15-11-19-29(7)23-13-21-27(5)17-9-10-18-28(6)22-14-24-30(8)20-12-16-26(3)4/h27-30H,9-24H2,1-8H3. The lowest BCUT2D eigenvalue weighted by molar-refractivity contribution is 0.374. The summed E-state index contributed by atoms with van der Waals surface area (Å²) in [7, 11) is 0. The fourth-order valence-electron chi connectivity index (χ4n) is 4.80. The molecule has 0 aromatic heterocycles. The first-order valence-corrected chi connectivity index (χ1v) is 13.8. The van der Waals surface area contributed by atoms with E-state index in [1.54, 1.807) is 11.8 Å². The van der Waals surface area contributed by atoms with Crippen LogP contribution in [-0.4, -0.2) is 0 Å². The van der Waals surface area contributed by atoms with Crippen LogP contribution in [0.3, 0.4) is 0 Å². The summed E-state index contributed by atoms with van der Waals surface area (Å²) < 4.78 is 0. The molecular formula is C30H60. The van der Waals surface area contributed by atoms with Crippen LogP contribution in [0.15, 0.2) is 0 Å². The molecule has 0 heteroatoms. The van der Waals surface area contributed by atoms with Gasteiger partial charge in [-0.2, -0.15) is 0 Å². The van der Waals surface area contributed by atoms with Gasteiger partial charge in [0.2, 0.25) is 0 Å². The average Bonchev–Trinajstić information content (AvgIpc) is 2.64. The summed E-state index contributed by atoms with van der Waals surface area (Å²) in [5, 5.41) is 0. The molecule has 0 fully saturated rings. The predicted molar refractivity (Wildman–Crippen MR) is 140 cm³/mol. The lowest BCUT2D eigenvalue weighted by Gasteiger charge is -2.16. The van der Waals surface area contributed by atoms with E-state index in [1.807, 2.05) is 0 Å². The van der Waals surface area contributed by atoms with Gasteiger partial charge in [-0.25, -0.2) is 0 Å². The highest BCUT2D eigenvalue weighted by Gasteiger charge is 2.09. The van der Waals surface area contributed by atoms with Gasteiger partial charge in [0.15, 0.2) is 0 Å². The highest BCUT2D eigenvalue weighted by molar-refractivity contribution is 4.77. The van der Waals surface area contributed by atoms with Gasteiger partial charge < -0.3 is 0 Å². The summed E-state index contributed by atoms with van der Waals surface area (Å²) in [5.74, 6) is 6.91. The van der Waals surface area contributed by atoms with Crippen molar-refractivity contribution in [1.82, 2.24) is 0 Å². The Bertz CT molecular complexity index is 308. The number of hydrogen-bond donors (Lipinski definition) is 0. The second kappa shape index (κ2) is 19.7. The third-order valence-corrected chi connectivity index (χ3v) is 7.18. The molecule has 0 heterocycles. The Balaban J connectivity index is 3.54. The molecule has 0 nitrogen and oxygen atoms in total. The minimum Gasteiger partial charge on any atom is -0.0625 e. The van der Waals surface area contributed by atoms with Crippen molar-refractivity contribution < 1.29 is 0 Å². The first-order valence-electron chi connectivity index (χ1n) is 13.8. The minimum atomic E-state index is 0.925. The van der Waals surface area contributed by atoms with Gasteiger partial charge in [0.1, 0.15) is 0 Å². The SMILES string of the molecule is C[C](C)CCCC(C)CCCC(C)CCCCC(C)CCCC(C)CCC[C](C)C. The van der Waals surface area contributed by atoms with Crippen LogP contribution in [0.4, 0.5) is 0 Å². The summed E-state index contributed by atoms with van der Waals surface area (Å²) in [6, 6.07) is 0. The molecule has 180 valence electrons. The molecule has 0 saturated carbocycles. The van der Waals surface area contributed by atoms with Crippen molar-refractivity contribution in [1.29, 1.82) is 0 Å². The van der Waals surface area contributed by atoms with Crippen molar-refractivity contribution in [3.63, 3.8) is 0 Å². The van der Waals surface area contributed by atoms with Gasteiger partial charge in [-0.05, 0) is 48.3 Å². The van der Waals surface area contributed by atoms with E-state index in [4.69, 9.17) is 0 Å². The maximum Gasteiger partial charge on any atom is -0.0303 e. The second-order valence-corrected chi connectivity index (χ2v) is 11.8. The minimum absolute atomic E-state index is 0.925. The molecule has 0 bridgehead atoms. The summed E-state index contributed by atoms with van der Waals surface area (Å²) in [6.07, 6.45) is 22.8. The Kier molecular flexibility index (Phi) is 19.7. The molecule has 0 amide bonds. The number of hydrogen-bond acceptors (Lipinski definition) is 0. The molecule has 0 aliphatic carbocycles. The van der Waals surface area contributed by atoms with Crippen molar-refractivity contribution in [2.24, 2.45) is 23.7 Å². The van der Waals surface area contributed by atoms with Gasteiger partial charge in [0.05, 0.1) is 0 Å². The van der Waals surface area contributed by atoms with Crippen molar-refractivity contribution in [2.45, 2.75) is 158 Å². The van der Waals surface area contributed by atoms with Gasteiger partial charge in [-0.15, -0.1) is 0 Å². The van der Waals surface area contributed by atoms with Crippen LogP contribution < -0.4 is 0 Å². The molecule has 0 N–H and O–H groups in total. The lowest BCUT2D eigenvalue weighted by Crippen LogP contribution is -2.01. The summed E-state index contributed by atoms with van der Waals surface area (Å²) in [6.45, 7) is 19.0. The third kappa shape index (κ3) is 21.2. The summed E-state index contributed by atoms with van der Waals surface area (Å²) >= 11 is 0. The van der Waals surface area contributed by atoms with Crippen LogP contribution in [0.1, 0.15) is 158 Å². The van der Waals surface area contributed by atoms with E-state index in [2.05, 4.69) is 55.4 Å². The molecule has 0 spiro atoms. The fraction of sp³-hybridized carbons (Fsp3) is 0.933. The number of rotatable bonds is 21. The molecule has 0 rings (SSSR count). The smallest absolute Gasteiger partial charge is 0.0303 e. The van der Waals surface area contributed by atoms with Crippen LogP contribution in [0.25, 0.3) is 0 Å². The van der Waals surface area contributed by atoms with Crippen molar-refractivity contribution in [3.8, 4) is 0 Å². The molecule has 4 unspecified atom stereocenters. The zero-order valence-electron chi connectivity index (χ0n) is 22.6. The lowest BCUT2D eigenvalue weighted by atomic mass is 9.90. The molecule has 0 aromatic carbocycles. The zero-order valence-corrected chi connectivity index (χ0v) is 22.6. The molecule has 0 saturated heterocycles. The van der Waals surface area contributed by atoms with E-state index in [9.17, 15) is 0 Å². The van der Waals surface area contributed by atoms with Crippen molar-refractivity contribution in [3.05, 3.63) is 11.8 Å². The van der Waals surface area contributed by atoms with E-state index >= 15 is 0 Å². The Morgan fingerprint density at radius 3 is 0.867 bits per heavy atom. The third-order valence-electron chi connectivity index (χ3n) is 7.18. The monoisotopic (exact) mass is 420 g/mol. The van der Waals surface area contributed by atoms with Crippen LogP contribution >= 0.6 is 0 Å². The van der Waals surface area contributed by atoms with E-state index in [0.29, 0.717) is 0 Å². The Morgan fingerprint density at radius 2 is 0.600 bits per heavy atom. The Morgan fingerprint density at radius 1 is 0.367 bits per heavy atom. The zero-order chi connectivity index (χ0) is 22.8. The Hall–Kier alpha value is 0. The van der Waals surface area contributed by atoms with Gasteiger partial charge in [-0.3, -0.25) is 0 Å². The first kappa shape index (κ1) is 30.0. The van der Waals surface area contributed by atoms with Crippen LogP contribution in [0.2, 0.25) is 0 Å². The van der Waals surface area contributed by atoms with Crippen LogP contribution in [0, 0.1) is 35.5 Å². The van der Waals surface area contributed by atoms with Crippen molar-refractivity contribution in [2.75, 3.05) is 0 Å². The van der Waals surface area contributed by atoms with Crippen LogP contribution in [-0.2, 0) is 0 Å². The highest BCUT2D eigenvalue weighted by Crippen LogP contribution is 2.24. The largest absolute Gasteiger partial charge is 0.0625 e. The van der Waals surface area contributed by atoms with E-state index in [1.165, 1.54) is 103 Å². The second-order valence-electron chi connectivity index (χ2n) is 11.8. The molecule has 0 aromatic rings. The average molecular weight is 421 g/mol. The van der Waals surface area contributed by atoms with E-state index < -0.39 is 0 Å². The maximum atomic E-state index is 2.49. The van der Waals surface area contributed by atoms with Gasteiger partial charge >= 0.3 is 0 Å². The maximum absolute atomic E-state index is 2.49. The van der Waals surface area contributed by atoms with Gasteiger partial charge in [0, 0.05) is 0 Å². The predicted octanol–water partition coefficient (Wildman–Crippen LogP) is 11.0.